The lowest BCUT2D eigenvalue weighted by molar-refractivity contribution is -0.140. The smallest absolute Gasteiger partial charge is 0.259 e. The van der Waals surface area contributed by atoms with Gasteiger partial charge in [-0.2, -0.15) is 0 Å². The molecule has 0 aliphatic carbocycles. The minimum Gasteiger partial charge on any atom is -0.350 e. The SMILES string of the molecule is C[C@@H](C(=O)NC(C)(C)C)N(Cc1ccc(Cl)cc1)C(=O)CN1C(=O)c2cccc3cccc1c23. The van der Waals surface area contributed by atoms with Crippen LogP contribution in [0.1, 0.15) is 43.6 Å². The Hall–Kier alpha value is -3.38. The number of hydrogen-bond acceptors (Lipinski definition) is 3. The first-order valence-corrected chi connectivity index (χ1v) is 11.6. The number of anilines is 1. The fraction of sp³-hybridized carbons (Fsp3) is 0.296. The van der Waals surface area contributed by atoms with Gasteiger partial charge >= 0.3 is 0 Å². The van der Waals surface area contributed by atoms with Gasteiger partial charge in [0.15, 0.2) is 0 Å². The lowest BCUT2D eigenvalue weighted by atomic mass is 10.1. The molecule has 0 radical (unpaired) electrons. The Morgan fingerprint density at radius 2 is 1.68 bits per heavy atom. The predicted molar refractivity (Wildman–Crippen MR) is 135 cm³/mol. The van der Waals surface area contributed by atoms with Crippen molar-refractivity contribution in [1.29, 1.82) is 0 Å². The van der Waals surface area contributed by atoms with Crippen molar-refractivity contribution < 1.29 is 14.4 Å². The number of nitrogens with zero attached hydrogens (tertiary/aromatic N) is 2. The minimum atomic E-state index is -0.738. The summed E-state index contributed by atoms with van der Waals surface area (Å²) in [5, 5.41) is 5.34. The van der Waals surface area contributed by atoms with Gasteiger partial charge < -0.3 is 10.2 Å². The topological polar surface area (TPSA) is 69.7 Å². The molecule has 1 aliphatic rings. The summed E-state index contributed by atoms with van der Waals surface area (Å²) in [5.74, 6) is -0.781. The predicted octanol–water partition coefficient (Wildman–Crippen LogP) is 4.79. The van der Waals surface area contributed by atoms with Crippen LogP contribution < -0.4 is 10.2 Å². The van der Waals surface area contributed by atoms with Crippen LogP contribution in [0.25, 0.3) is 10.8 Å². The third-order valence-corrected chi connectivity index (χ3v) is 6.13. The monoisotopic (exact) mass is 477 g/mol. The Kier molecular flexibility index (Phi) is 6.36. The van der Waals surface area contributed by atoms with E-state index in [0.717, 1.165) is 16.3 Å². The molecule has 0 spiro atoms. The average molecular weight is 478 g/mol. The molecule has 1 atom stereocenters. The Morgan fingerprint density at radius 3 is 2.32 bits per heavy atom. The number of nitrogens with one attached hydrogen (secondary N) is 1. The second-order valence-corrected chi connectivity index (χ2v) is 10.1. The van der Waals surface area contributed by atoms with Crippen molar-refractivity contribution in [3.8, 4) is 0 Å². The van der Waals surface area contributed by atoms with Crippen molar-refractivity contribution in [2.45, 2.75) is 45.8 Å². The molecule has 0 bridgehead atoms. The molecule has 0 fully saturated rings. The molecule has 1 aliphatic heterocycles. The molecule has 0 saturated carbocycles. The summed E-state index contributed by atoms with van der Waals surface area (Å²) < 4.78 is 0. The maximum atomic E-state index is 13.6. The van der Waals surface area contributed by atoms with Crippen LogP contribution in [0.5, 0.6) is 0 Å². The lowest BCUT2D eigenvalue weighted by Gasteiger charge is -2.32. The Morgan fingerprint density at radius 1 is 1.03 bits per heavy atom. The molecular weight excluding hydrogens is 450 g/mol. The van der Waals surface area contributed by atoms with Gasteiger partial charge in [-0.3, -0.25) is 19.3 Å². The van der Waals surface area contributed by atoms with Crippen molar-refractivity contribution in [3.63, 3.8) is 0 Å². The quantitative estimate of drug-likeness (QED) is 0.555. The van der Waals surface area contributed by atoms with Gasteiger partial charge in [-0.05, 0) is 62.9 Å². The molecular formula is C27H28ClN3O3. The standard InChI is InChI=1S/C27H28ClN3O3/c1-17(25(33)29-27(2,3)4)30(15-18-11-13-20(28)14-12-18)23(32)16-31-22-10-6-8-19-7-5-9-21(24(19)22)26(31)34/h5-14,17H,15-16H2,1-4H3,(H,29,33)/t17-/m0/s1. The second-order valence-electron chi connectivity index (χ2n) is 9.64. The van der Waals surface area contributed by atoms with Gasteiger partial charge in [0.05, 0.1) is 5.69 Å². The largest absolute Gasteiger partial charge is 0.350 e. The van der Waals surface area contributed by atoms with Gasteiger partial charge in [-0.15, -0.1) is 0 Å². The molecule has 7 heteroatoms. The van der Waals surface area contributed by atoms with E-state index in [1.807, 2.05) is 63.2 Å². The van der Waals surface area contributed by atoms with E-state index < -0.39 is 11.6 Å². The fourth-order valence-corrected chi connectivity index (χ4v) is 4.33. The van der Waals surface area contributed by atoms with Gasteiger partial charge in [0.1, 0.15) is 12.6 Å². The number of carbonyl (C=O) groups excluding carboxylic acids is 3. The first kappa shape index (κ1) is 23.8. The molecule has 6 nitrogen and oxygen atoms in total. The number of rotatable bonds is 6. The Bertz CT molecular complexity index is 1260. The molecule has 0 saturated heterocycles. The average Bonchev–Trinajstić information content (AvgIpc) is 3.05. The summed E-state index contributed by atoms with van der Waals surface area (Å²) in [5.41, 5.74) is 1.70. The Labute approximate surface area is 204 Å². The highest BCUT2D eigenvalue weighted by Crippen LogP contribution is 2.37. The van der Waals surface area contributed by atoms with Crippen molar-refractivity contribution in [1.82, 2.24) is 10.2 Å². The second kappa shape index (κ2) is 9.11. The first-order chi connectivity index (χ1) is 16.0. The van der Waals surface area contributed by atoms with Crippen LogP contribution >= 0.6 is 11.6 Å². The van der Waals surface area contributed by atoms with Gasteiger partial charge in [0.2, 0.25) is 11.8 Å². The maximum absolute atomic E-state index is 13.6. The van der Waals surface area contributed by atoms with Gasteiger partial charge in [-0.1, -0.05) is 48.0 Å². The molecule has 3 amide bonds. The zero-order chi connectivity index (χ0) is 24.6. The van der Waals surface area contributed by atoms with E-state index in [0.29, 0.717) is 16.3 Å². The highest BCUT2D eigenvalue weighted by atomic mass is 35.5. The number of amides is 3. The zero-order valence-electron chi connectivity index (χ0n) is 19.8. The number of halogens is 1. The molecule has 3 aromatic carbocycles. The summed E-state index contributed by atoms with van der Waals surface area (Å²) in [6, 6.07) is 17.7. The van der Waals surface area contributed by atoms with E-state index in [1.54, 1.807) is 25.1 Å². The van der Waals surface area contributed by atoms with Crippen LogP contribution in [0.15, 0.2) is 60.7 Å². The van der Waals surface area contributed by atoms with Crippen LogP contribution in [-0.2, 0) is 16.1 Å². The summed E-state index contributed by atoms with van der Waals surface area (Å²) in [7, 11) is 0. The number of benzene rings is 3. The molecule has 1 N–H and O–H groups in total. The Balaban J connectivity index is 1.63. The zero-order valence-corrected chi connectivity index (χ0v) is 20.5. The minimum absolute atomic E-state index is 0.159. The van der Waals surface area contributed by atoms with E-state index in [-0.39, 0.29) is 30.8 Å². The fourth-order valence-electron chi connectivity index (χ4n) is 4.21. The van der Waals surface area contributed by atoms with Crippen LogP contribution in [0.2, 0.25) is 5.02 Å². The van der Waals surface area contributed by atoms with Gasteiger partial charge in [0.25, 0.3) is 5.91 Å². The first-order valence-electron chi connectivity index (χ1n) is 11.2. The van der Waals surface area contributed by atoms with Crippen LogP contribution in [-0.4, -0.2) is 40.7 Å². The van der Waals surface area contributed by atoms with E-state index in [1.165, 1.54) is 9.80 Å². The van der Waals surface area contributed by atoms with Crippen molar-refractivity contribution in [3.05, 3.63) is 76.8 Å². The lowest BCUT2D eigenvalue weighted by Crippen LogP contribution is -2.54. The normalized spacial score (nSPS) is 13.8. The third-order valence-electron chi connectivity index (χ3n) is 5.87. The van der Waals surface area contributed by atoms with Gasteiger partial charge in [0, 0.05) is 28.1 Å². The van der Waals surface area contributed by atoms with Crippen molar-refractivity contribution in [2.75, 3.05) is 11.4 Å². The van der Waals surface area contributed by atoms with Crippen LogP contribution in [0.4, 0.5) is 5.69 Å². The molecule has 34 heavy (non-hydrogen) atoms. The highest BCUT2D eigenvalue weighted by molar-refractivity contribution is 6.30. The van der Waals surface area contributed by atoms with E-state index in [2.05, 4.69) is 5.32 Å². The number of carbonyl (C=O) groups is 3. The van der Waals surface area contributed by atoms with Crippen molar-refractivity contribution in [2.24, 2.45) is 0 Å². The third kappa shape index (κ3) is 4.77. The molecule has 0 unspecified atom stereocenters. The summed E-state index contributed by atoms with van der Waals surface area (Å²) in [6.07, 6.45) is 0. The number of hydrogen-bond donors (Lipinski definition) is 1. The summed E-state index contributed by atoms with van der Waals surface area (Å²) in [4.78, 5) is 42.8. The molecule has 4 rings (SSSR count). The molecule has 0 aromatic heterocycles. The van der Waals surface area contributed by atoms with E-state index in [4.69, 9.17) is 11.6 Å². The molecule has 1 heterocycles. The maximum Gasteiger partial charge on any atom is 0.259 e. The van der Waals surface area contributed by atoms with Crippen LogP contribution in [0.3, 0.4) is 0 Å². The molecule has 176 valence electrons. The molecule has 3 aromatic rings. The summed E-state index contributed by atoms with van der Waals surface area (Å²) in [6.45, 7) is 7.44. The van der Waals surface area contributed by atoms with Gasteiger partial charge in [-0.25, -0.2) is 0 Å². The van der Waals surface area contributed by atoms with Crippen molar-refractivity contribution >= 4 is 45.8 Å². The summed E-state index contributed by atoms with van der Waals surface area (Å²) >= 11 is 6.02. The van der Waals surface area contributed by atoms with Crippen LogP contribution in [0, 0.1) is 0 Å². The van der Waals surface area contributed by atoms with E-state index >= 15 is 0 Å². The van der Waals surface area contributed by atoms with E-state index in [9.17, 15) is 14.4 Å². The highest BCUT2D eigenvalue weighted by Gasteiger charge is 2.34.